The summed E-state index contributed by atoms with van der Waals surface area (Å²) >= 11 is 0. The van der Waals surface area contributed by atoms with Crippen molar-refractivity contribution in [1.29, 1.82) is 0 Å². The second-order valence-electron chi connectivity index (χ2n) is 3.85. The number of carbonyl (C=O) groups excluding carboxylic acids is 1. The van der Waals surface area contributed by atoms with Gasteiger partial charge in [0.05, 0.1) is 11.6 Å². The summed E-state index contributed by atoms with van der Waals surface area (Å²) in [4.78, 5) is 19.7. The molecule has 4 heteroatoms. The Morgan fingerprint density at radius 3 is 2.87 bits per heavy atom. The van der Waals surface area contributed by atoms with E-state index in [2.05, 4.69) is 15.3 Å². The zero-order valence-electron chi connectivity index (χ0n) is 8.65. The summed E-state index contributed by atoms with van der Waals surface area (Å²) < 4.78 is 0. The molecule has 1 fully saturated rings. The molecule has 2 rings (SSSR count). The predicted molar refractivity (Wildman–Crippen MR) is 56.6 cm³/mol. The van der Waals surface area contributed by atoms with Crippen LogP contribution in [0.15, 0.2) is 18.7 Å². The van der Waals surface area contributed by atoms with Crippen molar-refractivity contribution in [1.82, 2.24) is 15.3 Å². The van der Waals surface area contributed by atoms with E-state index < -0.39 is 0 Å². The maximum absolute atomic E-state index is 12.0. The smallest absolute Gasteiger partial charge is 0.182 e. The van der Waals surface area contributed by atoms with Crippen LogP contribution in [-0.2, 0) is 0 Å². The molecule has 1 aromatic heterocycles. The largest absolute Gasteiger partial charge is 0.307 e. The van der Waals surface area contributed by atoms with Gasteiger partial charge in [0.25, 0.3) is 0 Å². The molecular weight excluding hydrogens is 190 g/mol. The van der Waals surface area contributed by atoms with E-state index in [-0.39, 0.29) is 11.8 Å². The first kappa shape index (κ1) is 10.2. The second-order valence-corrected chi connectivity index (χ2v) is 3.85. The minimum Gasteiger partial charge on any atom is -0.307 e. The van der Waals surface area contributed by atoms with Crippen LogP contribution in [0.4, 0.5) is 0 Å². The number of carbonyl (C=O) groups is 1. The van der Waals surface area contributed by atoms with Gasteiger partial charge in [0.1, 0.15) is 6.33 Å². The molecule has 1 aliphatic heterocycles. The molecule has 0 radical (unpaired) electrons. The Kier molecular flexibility index (Phi) is 3.40. The van der Waals surface area contributed by atoms with Crippen LogP contribution in [0, 0.1) is 0 Å². The molecule has 1 unspecified atom stereocenters. The molecule has 1 aromatic rings. The number of nitrogens with one attached hydrogen (secondary N) is 1. The van der Waals surface area contributed by atoms with Crippen LogP contribution in [-0.4, -0.2) is 28.3 Å². The van der Waals surface area contributed by atoms with E-state index in [1.165, 1.54) is 12.7 Å². The van der Waals surface area contributed by atoms with Gasteiger partial charge in [-0.15, -0.1) is 0 Å². The van der Waals surface area contributed by atoms with Crippen LogP contribution in [0.3, 0.4) is 0 Å². The third-order valence-electron chi connectivity index (χ3n) is 2.72. The number of hydrogen-bond acceptors (Lipinski definition) is 4. The van der Waals surface area contributed by atoms with Crippen molar-refractivity contribution in [2.45, 2.75) is 31.7 Å². The van der Waals surface area contributed by atoms with Gasteiger partial charge >= 0.3 is 0 Å². The minimum absolute atomic E-state index is 0.0431. The normalized spacial score (nSPS) is 22.0. The fraction of sp³-hybridized carbons (Fsp3) is 0.545. The number of aromatic nitrogens is 2. The Morgan fingerprint density at radius 2 is 2.07 bits per heavy atom. The Labute approximate surface area is 89.1 Å². The monoisotopic (exact) mass is 205 g/mol. The van der Waals surface area contributed by atoms with Crippen molar-refractivity contribution >= 4 is 5.78 Å². The van der Waals surface area contributed by atoms with Crippen LogP contribution in [0.5, 0.6) is 0 Å². The van der Waals surface area contributed by atoms with Crippen LogP contribution >= 0.6 is 0 Å². The van der Waals surface area contributed by atoms with E-state index in [1.807, 2.05) is 0 Å². The summed E-state index contributed by atoms with van der Waals surface area (Å²) in [5.74, 6) is 0.123. The average molecular weight is 205 g/mol. The molecule has 15 heavy (non-hydrogen) atoms. The molecule has 80 valence electrons. The van der Waals surface area contributed by atoms with Crippen molar-refractivity contribution < 1.29 is 4.79 Å². The van der Waals surface area contributed by atoms with Gasteiger partial charge in [-0.25, -0.2) is 9.97 Å². The number of hydrogen-bond donors (Lipinski definition) is 1. The highest BCUT2D eigenvalue weighted by Crippen LogP contribution is 2.12. The van der Waals surface area contributed by atoms with Crippen molar-refractivity contribution in [3.05, 3.63) is 24.3 Å². The summed E-state index contributed by atoms with van der Waals surface area (Å²) in [6, 6.07) is -0.0431. The Balaban J connectivity index is 2.06. The molecule has 4 nitrogen and oxygen atoms in total. The van der Waals surface area contributed by atoms with Crippen molar-refractivity contribution in [3.63, 3.8) is 0 Å². The lowest BCUT2D eigenvalue weighted by molar-refractivity contribution is 0.0940. The van der Waals surface area contributed by atoms with E-state index in [0.29, 0.717) is 5.56 Å². The summed E-state index contributed by atoms with van der Waals surface area (Å²) in [6.45, 7) is 0.935. The maximum atomic E-state index is 12.0. The molecule has 1 saturated heterocycles. The van der Waals surface area contributed by atoms with E-state index >= 15 is 0 Å². The summed E-state index contributed by atoms with van der Waals surface area (Å²) in [5, 5.41) is 3.27. The van der Waals surface area contributed by atoms with Crippen LogP contribution in [0.1, 0.15) is 36.0 Å². The van der Waals surface area contributed by atoms with Crippen molar-refractivity contribution in [3.8, 4) is 0 Å². The van der Waals surface area contributed by atoms with Gasteiger partial charge in [-0.05, 0) is 19.4 Å². The Bertz CT molecular complexity index is 318. The summed E-state index contributed by atoms with van der Waals surface area (Å²) in [5.41, 5.74) is 0.608. The lowest BCUT2D eigenvalue weighted by atomic mass is 10.0. The standard InChI is InChI=1S/C11H15N3O/c15-11(9-6-12-8-13-7-9)10-4-2-1-3-5-14-10/h6-8,10,14H,1-5H2. The lowest BCUT2D eigenvalue weighted by Gasteiger charge is -2.13. The van der Waals surface area contributed by atoms with Gasteiger partial charge in [0, 0.05) is 12.4 Å². The first-order valence-corrected chi connectivity index (χ1v) is 5.40. The van der Waals surface area contributed by atoms with Gasteiger partial charge in [0.2, 0.25) is 0 Å². The summed E-state index contributed by atoms with van der Waals surface area (Å²) in [7, 11) is 0. The maximum Gasteiger partial charge on any atom is 0.182 e. The van der Waals surface area contributed by atoms with Gasteiger partial charge in [-0.2, -0.15) is 0 Å². The molecule has 0 amide bonds. The van der Waals surface area contributed by atoms with Crippen LogP contribution < -0.4 is 5.32 Å². The number of Topliss-reactive ketones (excluding diaryl/α,β-unsaturated/α-hetero) is 1. The molecule has 0 saturated carbocycles. The van der Waals surface area contributed by atoms with Crippen molar-refractivity contribution in [2.75, 3.05) is 6.54 Å². The predicted octanol–water partition coefficient (Wildman–Crippen LogP) is 1.19. The quantitative estimate of drug-likeness (QED) is 0.737. The van der Waals surface area contributed by atoms with Gasteiger partial charge < -0.3 is 5.32 Å². The third-order valence-corrected chi connectivity index (χ3v) is 2.72. The van der Waals surface area contributed by atoms with E-state index in [9.17, 15) is 4.79 Å². The van der Waals surface area contributed by atoms with Crippen LogP contribution in [0.25, 0.3) is 0 Å². The molecule has 2 heterocycles. The molecular formula is C11H15N3O. The molecule has 1 N–H and O–H groups in total. The first-order chi connectivity index (χ1) is 7.38. The number of ketones is 1. The minimum atomic E-state index is -0.0431. The number of nitrogens with zero attached hydrogens (tertiary/aromatic N) is 2. The van der Waals surface area contributed by atoms with Crippen molar-refractivity contribution in [2.24, 2.45) is 0 Å². The SMILES string of the molecule is O=C(c1cncnc1)C1CCCCCN1. The Morgan fingerprint density at radius 1 is 1.27 bits per heavy atom. The van der Waals surface area contributed by atoms with Gasteiger partial charge in [-0.1, -0.05) is 12.8 Å². The fourth-order valence-electron chi connectivity index (χ4n) is 1.88. The van der Waals surface area contributed by atoms with Gasteiger partial charge in [-0.3, -0.25) is 4.79 Å². The molecule has 1 aliphatic rings. The highest BCUT2D eigenvalue weighted by Gasteiger charge is 2.20. The third kappa shape index (κ3) is 2.59. The molecule has 0 bridgehead atoms. The summed E-state index contributed by atoms with van der Waals surface area (Å²) in [6.07, 6.45) is 9.03. The zero-order valence-corrected chi connectivity index (χ0v) is 8.65. The molecule has 0 spiro atoms. The van der Waals surface area contributed by atoms with E-state index in [1.54, 1.807) is 12.4 Å². The van der Waals surface area contributed by atoms with E-state index in [0.717, 1.165) is 25.8 Å². The lowest BCUT2D eigenvalue weighted by Crippen LogP contribution is -2.36. The fourth-order valence-corrected chi connectivity index (χ4v) is 1.88. The topological polar surface area (TPSA) is 54.9 Å². The highest BCUT2D eigenvalue weighted by molar-refractivity contribution is 5.99. The van der Waals surface area contributed by atoms with E-state index in [4.69, 9.17) is 0 Å². The van der Waals surface area contributed by atoms with Gasteiger partial charge in [0.15, 0.2) is 5.78 Å². The average Bonchev–Trinajstić information content (AvgIpc) is 2.58. The molecule has 0 aromatic carbocycles. The zero-order chi connectivity index (χ0) is 10.5. The molecule has 0 aliphatic carbocycles. The highest BCUT2D eigenvalue weighted by atomic mass is 16.1. The van der Waals surface area contributed by atoms with Crippen LogP contribution in [0.2, 0.25) is 0 Å². The first-order valence-electron chi connectivity index (χ1n) is 5.40. The Hall–Kier alpha value is -1.29. The number of rotatable bonds is 2. The molecule has 1 atom stereocenters. The second kappa shape index (κ2) is 4.98.